The van der Waals surface area contributed by atoms with Crippen molar-refractivity contribution in [2.75, 3.05) is 0 Å². The van der Waals surface area contributed by atoms with Crippen LogP contribution in [-0.2, 0) is 6.54 Å². The van der Waals surface area contributed by atoms with Crippen LogP contribution in [0.2, 0.25) is 5.02 Å². The van der Waals surface area contributed by atoms with Crippen molar-refractivity contribution in [2.24, 2.45) is 0 Å². The van der Waals surface area contributed by atoms with Gasteiger partial charge in [-0.25, -0.2) is 0 Å². The van der Waals surface area contributed by atoms with Gasteiger partial charge in [0.15, 0.2) is 0 Å². The zero-order valence-corrected chi connectivity index (χ0v) is 16.3. The van der Waals surface area contributed by atoms with E-state index in [1.54, 1.807) is 6.20 Å². The molecule has 0 unspecified atom stereocenters. The Morgan fingerprint density at radius 1 is 1.00 bits per heavy atom. The number of nitrogens with zero attached hydrogens (tertiary/aromatic N) is 4. The van der Waals surface area contributed by atoms with E-state index in [9.17, 15) is 5.26 Å². The van der Waals surface area contributed by atoms with Crippen molar-refractivity contribution in [1.29, 1.82) is 5.26 Å². The van der Waals surface area contributed by atoms with Crippen molar-refractivity contribution >= 4 is 23.3 Å². The van der Waals surface area contributed by atoms with Crippen LogP contribution in [0.3, 0.4) is 0 Å². The lowest BCUT2D eigenvalue weighted by atomic mass is 10.0. The van der Waals surface area contributed by atoms with E-state index in [-0.39, 0.29) is 0 Å². The van der Waals surface area contributed by atoms with Crippen molar-refractivity contribution < 1.29 is 0 Å². The summed E-state index contributed by atoms with van der Waals surface area (Å²) < 4.78 is 1.85. The van der Waals surface area contributed by atoms with Gasteiger partial charge in [0.25, 0.3) is 0 Å². The number of hydrogen-bond acceptors (Lipinski definition) is 3. The molecular weight excluding hydrogens is 380 g/mol. The number of pyridine rings is 1. The summed E-state index contributed by atoms with van der Waals surface area (Å²) in [5.41, 5.74) is 4.74. The van der Waals surface area contributed by atoms with Crippen LogP contribution >= 0.6 is 11.6 Å². The van der Waals surface area contributed by atoms with Crippen LogP contribution in [0.5, 0.6) is 0 Å². The molecule has 140 valence electrons. The monoisotopic (exact) mass is 396 g/mol. The molecule has 0 aliphatic heterocycles. The Balaban J connectivity index is 1.80. The molecule has 0 saturated heterocycles. The highest BCUT2D eigenvalue weighted by Gasteiger charge is 2.13. The predicted molar refractivity (Wildman–Crippen MR) is 116 cm³/mol. The molecule has 2 heterocycles. The highest BCUT2D eigenvalue weighted by atomic mass is 35.5. The maximum Gasteiger partial charge on any atom is 0.101 e. The molecule has 4 nitrogen and oxygen atoms in total. The minimum Gasteiger partial charge on any atom is -0.267 e. The molecule has 0 spiro atoms. The van der Waals surface area contributed by atoms with Crippen LogP contribution < -0.4 is 0 Å². The molecule has 5 heteroatoms. The smallest absolute Gasteiger partial charge is 0.101 e. The zero-order chi connectivity index (χ0) is 20.1. The van der Waals surface area contributed by atoms with E-state index in [0.29, 0.717) is 22.8 Å². The summed E-state index contributed by atoms with van der Waals surface area (Å²) in [7, 11) is 0. The van der Waals surface area contributed by atoms with Gasteiger partial charge in [0.1, 0.15) is 6.07 Å². The minimum absolute atomic E-state index is 0.486. The normalized spacial score (nSPS) is 11.2. The van der Waals surface area contributed by atoms with Crippen LogP contribution in [-0.4, -0.2) is 14.8 Å². The molecule has 0 aliphatic carbocycles. The molecule has 0 saturated carbocycles. The summed E-state index contributed by atoms with van der Waals surface area (Å²) in [6.07, 6.45) is 5.45. The van der Waals surface area contributed by atoms with Gasteiger partial charge in [0, 0.05) is 28.5 Å². The molecule has 2 aromatic heterocycles. The van der Waals surface area contributed by atoms with E-state index in [2.05, 4.69) is 11.1 Å². The van der Waals surface area contributed by atoms with E-state index in [1.165, 1.54) is 0 Å². The van der Waals surface area contributed by atoms with Gasteiger partial charge < -0.3 is 0 Å². The molecule has 0 aliphatic rings. The number of benzene rings is 2. The third-order valence-corrected chi connectivity index (χ3v) is 4.86. The van der Waals surface area contributed by atoms with Gasteiger partial charge in [-0.2, -0.15) is 10.4 Å². The summed E-state index contributed by atoms with van der Waals surface area (Å²) in [6, 6.07) is 25.4. The molecule has 0 radical (unpaired) electrons. The average molecular weight is 397 g/mol. The first-order valence-electron chi connectivity index (χ1n) is 9.14. The van der Waals surface area contributed by atoms with Crippen LogP contribution in [0.4, 0.5) is 0 Å². The van der Waals surface area contributed by atoms with Crippen LogP contribution in [0.25, 0.3) is 22.9 Å². The fourth-order valence-electron chi connectivity index (χ4n) is 3.09. The van der Waals surface area contributed by atoms with E-state index < -0.39 is 0 Å². The van der Waals surface area contributed by atoms with Gasteiger partial charge in [-0.1, -0.05) is 66.2 Å². The number of halogens is 1. The van der Waals surface area contributed by atoms with Crippen molar-refractivity contribution in [3.63, 3.8) is 0 Å². The lowest BCUT2D eigenvalue weighted by molar-refractivity contribution is 0.689. The fraction of sp³-hybridized carbons (Fsp3) is 0.0417. The lowest BCUT2D eigenvalue weighted by Crippen LogP contribution is -2.00. The van der Waals surface area contributed by atoms with Crippen LogP contribution in [0.15, 0.2) is 85.2 Å². The molecule has 4 aromatic rings. The summed E-state index contributed by atoms with van der Waals surface area (Å²) in [5, 5.41) is 15.2. The Hall–Kier alpha value is -3.68. The standard InChI is InChI=1S/C24H17ClN4/c25-22-11-5-4-10-19(22)16-29-17-21(24(28-29)18-8-2-1-3-9-18)14-20(15-26)23-12-6-7-13-27-23/h1-14,17H,16H2/b20-14+. The number of allylic oxidation sites excluding steroid dienone is 1. The molecular formula is C24H17ClN4. The second-order valence-electron chi connectivity index (χ2n) is 6.47. The van der Waals surface area contributed by atoms with Gasteiger partial charge in [0.2, 0.25) is 0 Å². The number of hydrogen-bond donors (Lipinski definition) is 0. The van der Waals surface area contributed by atoms with E-state index in [4.69, 9.17) is 16.7 Å². The third kappa shape index (κ3) is 4.26. The predicted octanol–water partition coefficient (Wildman–Crippen LogP) is 5.71. The van der Waals surface area contributed by atoms with E-state index >= 15 is 0 Å². The van der Waals surface area contributed by atoms with Crippen LogP contribution in [0, 0.1) is 11.3 Å². The summed E-state index contributed by atoms with van der Waals surface area (Å²) in [4.78, 5) is 4.30. The Morgan fingerprint density at radius 2 is 1.76 bits per heavy atom. The maximum absolute atomic E-state index is 9.68. The van der Waals surface area contributed by atoms with E-state index in [0.717, 1.165) is 22.4 Å². The maximum atomic E-state index is 9.68. The summed E-state index contributed by atoms with van der Waals surface area (Å²) in [6.45, 7) is 0.540. The second kappa shape index (κ2) is 8.55. The fourth-order valence-corrected chi connectivity index (χ4v) is 3.28. The number of rotatable bonds is 5. The summed E-state index contributed by atoms with van der Waals surface area (Å²) in [5.74, 6) is 0. The zero-order valence-electron chi connectivity index (χ0n) is 15.5. The quantitative estimate of drug-likeness (QED) is 0.406. The third-order valence-electron chi connectivity index (χ3n) is 4.49. The van der Waals surface area contributed by atoms with E-state index in [1.807, 2.05) is 89.8 Å². The van der Waals surface area contributed by atoms with Crippen molar-refractivity contribution in [1.82, 2.24) is 14.8 Å². The molecule has 0 N–H and O–H groups in total. The van der Waals surface area contributed by atoms with Crippen molar-refractivity contribution in [3.8, 4) is 17.3 Å². The van der Waals surface area contributed by atoms with Gasteiger partial charge in [-0.15, -0.1) is 0 Å². The van der Waals surface area contributed by atoms with Gasteiger partial charge in [0.05, 0.1) is 23.5 Å². The van der Waals surface area contributed by atoms with Crippen LogP contribution in [0.1, 0.15) is 16.8 Å². The molecule has 0 amide bonds. The van der Waals surface area contributed by atoms with Gasteiger partial charge in [-0.05, 0) is 29.8 Å². The first kappa shape index (κ1) is 18.7. The Morgan fingerprint density at radius 3 is 2.48 bits per heavy atom. The Labute approximate surface area is 174 Å². The first-order chi connectivity index (χ1) is 14.2. The topological polar surface area (TPSA) is 54.5 Å². The van der Waals surface area contributed by atoms with Gasteiger partial charge in [-0.3, -0.25) is 9.67 Å². The highest BCUT2D eigenvalue weighted by molar-refractivity contribution is 6.31. The molecule has 2 aromatic carbocycles. The SMILES string of the molecule is N#C/C(=C\c1cn(Cc2ccccc2Cl)nc1-c1ccccc1)c1ccccn1. The minimum atomic E-state index is 0.486. The Kier molecular flexibility index (Phi) is 5.51. The highest BCUT2D eigenvalue weighted by Crippen LogP contribution is 2.27. The number of aromatic nitrogens is 3. The van der Waals surface area contributed by atoms with Gasteiger partial charge >= 0.3 is 0 Å². The lowest BCUT2D eigenvalue weighted by Gasteiger charge is -2.04. The van der Waals surface area contributed by atoms with Crippen molar-refractivity contribution in [2.45, 2.75) is 6.54 Å². The molecule has 0 fully saturated rings. The van der Waals surface area contributed by atoms with Crippen molar-refractivity contribution in [3.05, 3.63) is 107 Å². The number of nitriles is 1. The first-order valence-corrected chi connectivity index (χ1v) is 9.52. The molecule has 29 heavy (non-hydrogen) atoms. The second-order valence-corrected chi connectivity index (χ2v) is 6.88. The molecule has 0 bridgehead atoms. The summed E-state index contributed by atoms with van der Waals surface area (Å²) >= 11 is 6.32. The molecule has 4 rings (SSSR count). The average Bonchev–Trinajstić information content (AvgIpc) is 3.17. The molecule has 0 atom stereocenters. The Bertz CT molecular complexity index is 1190. The largest absolute Gasteiger partial charge is 0.267 e.